The van der Waals surface area contributed by atoms with Crippen LogP contribution in [0.15, 0.2) is 29.6 Å². The van der Waals surface area contributed by atoms with Crippen LogP contribution in [-0.2, 0) is 9.53 Å². The fourth-order valence-corrected chi connectivity index (χ4v) is 2.73. The maximum atomic E-state index is 11.0. The van der Waals surface area contributed by atoms with Gasteiger partial charge in [0.1, 0.15) is 0 Å². The molecule has 1 amide bonds. The first-order valence-corrected chi connectivity index (χ1v) is 7.55. The van der Waals surface area contributed by atoms with E-state index in [1.165, 1.54) is 6.92 Å². The van der Waals surface area contributed by atoms with E-state index < -0.39 is 0 Å². The molecule has 0 radical (unpaired) electrons. The highest BCUT2D eigenvalue weighted by Crippen LogP contribution is 2.26. The van der Waals surface area contributed by atoms with Gasteiger partial charge in [-0.05, 0) is 19.1 Å². The van der Waals surface area contributed by atoms with Crippen LogP contribution in [0.4, 0.5) is 10.8 Å². The number of methoxy groups -OCH3 is 1. The molecule has 0 aliphatic rings. The Bertz CT molecular complexity index is 595. The first-order chi connectivity index (χ1) is 10.1. The normalized spacial score (nSPS) is 12.0. The largest absolute Gasteiger partial charge is 0.383 e. The van der Waals surface area contributed by atoms with Gasteiger partial charge in [0.05, 0.1) is 12.3 Å². The van der Waals surface area contributed by atoms with Gasteiger partial charge in [0, 0.05) is 36.7 Å². The Hall–Kier alpha value is -1.92. The average molecular weight is 305 g/mol. The van der Waals surface area contributed by atoms with E-state index in [1.54, 1.807) is 18.4 Å². The zero-order valence-electron chi connectivity index (χ0n) is 12.3. The number of ether oxygens (including phenoxy) is 1. The third-order valence-electron chi connectivity index (χ3n) is 2.79. The van der Waals surface area contributed by atoms with Crippen LogP contribution in [0.25, 0.3) is 11.3 Å². The van der Waals surface area contributed by atoms with Gasteiger partial charge >= 0.3 is 0 Å². The van der Waals surface area contributed by atoms with Gasteiger partial charge in [-0.2, -0.15) is 0 Å². The van der Waals surface area contributed by atoms with Gasteiger partial charge < -0.3 is 15.4 Å². The van der Waals surface area contributed by atoms with Crippen molar-refractivity contribution in [3.8, 4) is 11.3 Å². The highest BCUT2D eigenvalue weighted by atomic mass is 32.1. The molecule has 2 N–H and O–H groups in total. The highest BCUT2D eigenvalue weighted by molar-refractivity contribution is 7.14. The summed E-state index contributed by atoms with van der Waals surface area (Å²) in [7, 11) is 1.68. The molecule has 1 aromatic heterocycles. The molecule has 5 nitrogen and oxygen atoms in total. The Morgan fingerprint density at radius 3 is 2.71 bits per heavy atom. The van der Waals surface area contributed by atoms with E-state index in [0.29, 0.717) is 6.61 Å². The second kappa shape index (κ2) is 7.19. The molecule has 0 aliphatic carbocycles. The van der Waals surface area contributed by atoms with Gasteiger partial charge in [0.15, 0.2) is 5.13 Å². The number of hydrogen-bond donors (Lipinski definition) is 2. The van der Waals surface area contributed by atoms with Crippen molar-refractivity contribution in [1.82, 2.24) is 4.98 Å². The fourth-order valence-electron chi connectivity index (χ4n) is 1.90. The number of amides is 1. The van der Waals surface area contributed by atoms with Crippen LogP contribution in [0.1, 0.15) is 13.8 Å². The molecule has 0 aliphatic heterocycles. The lowest BCUT2D eigenvalue weighted by Gasteiger charge is -2.10. The minimum absolute atomic E-state index is 0.0741. The molecule has 2 rings (SSSR count). The van der Waals surface area contributed by atoms with Crippen molar-refractivity contribution in [2.75, 3.05) is 24.4 Å². The molecule has 21 heavy (non-hydrogen) atoms. The Kier molecular flexibility index (Phi) is 5.30. The SMILES string of the molecule is COC[C@@H](C)Nc1nc(-c2ccc(NC(C)=O)cc2)cs1. The number of hydrogen-bond acceptors (Lipinski definition) is 5. The number of rotatable bonds is 6. The van der Waals surface area contributed by atoms with Crippen molar-refractivity contribution in [3.05, 3.63) is 29.6 Å². The van der Waals surface area contributed by atoms with Crippen LogP contribution < -0.4 is 10.6 Å². The molecule has 0 bridgehead atoms. The maximum Gasteiger partial charge on any atom is 0.221 e. The summed E-state index contributed by atoms with van der Waals surface area (Å²) < 4.78 is 5.09. The van der Waals surface area contributed by atoms with Crippen LogP contribution in [0.2, 0.25) is 0 Å². The predicted molar refractivity (Wildman–Crippen MR) is 86.8 cm³/mol. The van der Waals surface area contributed by atoms with Crippen LogP contribution in [0.5, 0.6) is 0 Å². The smallest absolute Gasteiger partial charge is 0.221 e. The summed E-state index contributed by atoms with van der Waals surface area (Å²) in [6.07, 6.45) is 0. The number of carbonyl (C=O) groups excluding carboxylic acids is 1. The second-order valence-corrected chi connectivity index (χ2v) is 5.66. The lowest BCUT2D eigenvalue weighted by atomic mass is 10.1. The third-order valence-corrected chi connectivity index (χ3v) is 3.57. The number of thiazole rings is 1. The molecule has 0 saturated carbocycles. The van der Waals surface area contributed by atoms with Gasteiger partial charge in [-0.1, -0.05) is 12.1 Å². The monoisotopic (exact) mass is 305 g/mol. The minimum Gasteiger partial charge on any atom is -0.383 e. The summed E-state index contributed by atoms with van der Waals surface area (Å²) in [5.74, 6) is -0.0741. The van der Waals surface area contributed by atoms with E-state index in [0.717, 1.165) is 22.1 Å². The van der Waals surface area contributed by atoms with Crippen molar-refractivity contribution < 1.29 is 9.53 Å². The number of nitrogens with one attached hydrogen (secondary N) is 2. The quantitative estimate of drug-likeness (QED) is 0.860. The summed E-state index contributed by atoms with van der Waals surface area (Å²) in [6, 6.07) is 7.86. The number of carbonyl (C=O) groups is 1. The Balaban J connectivity index is 2.05. The van der Waals surface area contributed by atoms with Gasteiger partial charge in [0.25, 0.3) is 0 Å². The number of aromatic nitrogens is 1. The van der Waals surface area contributed by atoms with Crippen LogP contribution in [-0.4, -0.2) is 30.6 Å². The van der Waals surface area contributed by atoms with Gasteiger partial charge in [-0.3, -0.25) is 4.79 Å². The number of nitrogens with zero attached hydrogens (tertiary/aromatic N) is 1. The molecular weight excluding hydrogens is 286 g/mol. The van der Waals surface area contributed by atoms with Gasteiger partial charge in [-0.15, -0.1) is 11.3 Å². The Morgan fingerprint density at radius 1 is 1.38 bits per heavy atom. The van der Waals surface area contributed by atoms with E-state index in [2.05, 4.69) is 15.6 Å². The van der Waals surface area contributed by atoms with Crippen molar-refractivity contribution >= 4 is 28.1 Å². The molecule has 2 aromatic rings. The Labute approximate surface area is 128 Å². The average Bonchev–Trinajstić information content (AvgIpc) is 2.87. The van der Waals surface area contributed by atoms with Crippen LogP contribution >= 0.6 is 11.3 Å². The summed E-state index contributed by atoms with van der Waals surface area (Å²) in [5, 5.41) is 8.93. The first kappa shape index (κ1) is 15.5. The Morgan fingerprint density at radius 2 is 2.10 bits per heavy atom. The van der Waals surface area contributed by atoms with Crippen molar-refractivity contribution in [2.24, 2.45) is 0 Å². The van der Waals surface area contributed by atoms with Gasteiger partial charge in [-0.25, -0.2) is 4.98 Å². The third kappa shape index (κ3) is 4.54. The second-order valence-electron chi connectivity index (χ2n) is 4.80. The molecule has 1 heterocycles. The van der Waals surface area contributed by atoms with E-state index in [4.69, 9.17) is 4.74 Å². The van der Waals surface area contributed by atoms with Gasteiger partial charge in [0.2, 0.25) is 5.91 Å². The molecule has 0 fully saturated rings. The number of anilines is 2. The predicted octanol–water partition coefficient (Wildman–Crippen LogP) is 3.22. The highest BCUT2D eigenvalue weighted by Gasteiger charge is 2.07. The molecule has 112 valence electrons. The van der Waals surface area contributed by atoms with Crippen LogP contribution in [0.3, 0.4) is 0 Å². The van der Waals surface area contributed by atoms with Crippen LogP contribution in [0, 0.1) is 0 Å². The summed E-state index contributed by atoms with van der Waals surface area (Å²) in [4.78, 5) is 15.5. The molecule has 0 spiro atoms. The molecule has 1 atom stereocenters. The number of benzene rings is 1. The van der Waals surface area contributed by atoms with E-state index in [1.807, 2.05) is 36.6 Å². The topological polar surface area (TPSA) is 63.2 Å². The standard InChI is InChI=1S/C15H19N3O2S/c1-10(8-20-3)16-15-18-14(9-21-15)12-4-6-13(7-5-12)17-11(2)19/h4-7,9-10H,8H2,1-3H3,(H,16,18)(H,17,19)/t10-/m1/s1. The minimum atomic E-state index is -0.0741. The summed E-state index contributed by atoms with van der Waals surface area (Å²) in [5.41, 5.74) is 2.72. The van der Waals surface area contributed by atoms with Crippen molar-refractivity contribution in [2.45, 2.75) is 19.9 Å². The van der Waals surface area contributed by atoms with Crippen molar-refractivity contribution in [3.63, 3.8) is 0 Å². The molecule has 6 heteroatoms. The lowest BCUT2D eigenvalue weighted by molar-refractivity contribution is -0.114. The van der Waals surface area contributed by atoms with E-state index in [9.17, 15) is 4.79 Å². The fraction of sp³-hybridized carbons (Fsp3) is 0.333. The van der Waals surface area contributed by atoms with E-state index in [-0.39, 0.29) is 11.9 Å². The van der Waals surface area contributed by atoms with Crippen molar-refractivity contribution in [1.29, 1.82) is 0 Å². The molecular formula is C15H19N3O2S. The van der Waals surface area contributed by atoms with E-state index >= 15 is 0 Å². The first-order valence-electron chi connectivity index (χ1n) is 6.67. The lowest BCUT2D eigenvalue weighted by Crippen LogP contribution is -2.20. The summed E-state index contributed by atoms with van der Waals surface area (Å²) in [6.45, 7) is 4.18. The zero-order valence-corrected chi connectivity index (χ0v) is 13.2. The molecule has 1 aromatic carbocycles. The maximum absolute atomic E-state index is 11.0. The zero-order chi connectivity index (χ0) is 15.2. The molecule has 0 unspecified atom stereocenters. The molecule has 0 saturated heterocycles. The summed E-state index contributed by atoms with van der Waals surface area (Å²) >= 11 is 1.57.